The van der Waals surface area contributed by atoms with Crippen LogP contribution >= 0.6 is 0 Å². The predicted molar refractivity (Wildman–Crippen MR) is 66.0 cm³/mol. The Bertz CT molecular complexity index is 330. The smallest absolute Gasteiger partial charge is 0.162 e. The molecule has 0 aliphatic heterocycles. The molecule has 16 heavy (non-hydrogen) atoms. The summed E-state index contributed by atoms with van der Waals surface area (Å²) >= 11 is 0. The molecule has 1 aromatic carbocycles. The first-order chi connectivity index (χ1) is 7.65. The third-order valence-electron chi connectivity index (χ3n) is 2.52. The van der Waals surface area contributed by atoms with Gasteiger partial charge in [0, 0.05) is 38.4 Å². The van der Waals surface area contributed by atoms with Gasteiger partial charge in [0.1, 0.15) is 0 Å². The molecule has 0 aliphatic carbocycles. The van der Waals surface area contributed by atoms with E-state index in [-0.39, 0.29) is 12.4 Å². The number of carbonyl (C=O) groups is 1. The van der Waals surface area contributed by atoms with E-state index in [2.05, 4.69) is 0 Å². The Labute approximate surface area is 96.7 Å². The molecule has 1 rings (SSSR count). The van der Waals surface area contributed by atoms with E-state index in [1.165, 1.54) is 0 Å². The molecule has 0 atom stereocenters. The minimum absolute atomic E-state index is 0.152. The van der Waals surface area contributed by atoms with Crippen molar-refractivity contribution in [1.29, 1.82) is 0 Å². The highest BCUT2D eigenvalue weighted by Gasteiger charge is 2.05. The lowest BCUT2D eigenvalue weighted by molar-refractivity contribution is 0.0977. The van der Waals surface area contributed by atoms with Crippen LogP contribution < -0.4 is 4.90 Å². The third kappa shape index (κ3) is 3.66. The summed E-state index contributed by atoms with van der Waals surface area (Å²) in [6.45, 7) is 0.160. The highest BCUT2D eigenvalue weighted by Crippen LogP contribution is 2.14. The van der Waals surface area contributed by atoms with Crippen LogP contribution in [0.5, 0.6) is 0 Å². The number of aliphatic hydroxyl groups excluding tert-OH is 1. The summed E-state index contributed by atoms with van der Waals surface area (Å²) in [4.78, 5) is 13.7. The fourth-order valence-corrected chi connectivity index (χ4v) is 1.49. The van der Waals surface area contributed by atoms with Crippen LogP contribution in [0.1, 0.15) is 29.6 Å². The number of nitrogens with zero attached hydrogens (tertiary/aromatic N) is 1. The Morgan fingerprint density at radius 3 is 2.31 bits per heavy atom. The molecule has 0 amide bonds. The van der Waals surface area contributed by atoms with E-state index >= 15 is 0 Å². The van der Waals surface area contributed by atoms with Crippen molar-refractivity contribution in [3.05, 3.63) is 29.8 Å². The van der Waals surface area contributed by atoms with Gasteiger partial charge in [-0.3, -0.25) is 4.79 Å². The average Bonchev–Trinajstić information content (AvgIpc) is 2.29. The first-order valence-electron chi connectivity index (χ1n) is 5.56. The van der Waals surface area contributed by atoms with Gasteiger partial charge in [-0.2, -0.15) is 0 Å². The minimum Gasteiger partial charge on any atom is -0.396 e. The van der Waals surface area contributed by atoms with Crippen molar-refractivity contribution < 1.29 is 9.90 Å². The molecule has 0 fully saturated rings. The van der Waals surface area contributed by atoms with Gasteiger partial charge in [0.25, 0.3) is 0 Å². The minimum atomic E-state index is 0.152. The second-order valence-electron chi connectivity index (χ2n) is 4.05. The zero-order valence-electron chi connectivity index (χ0n) is 9.94. The zero-order valence-corrected chi connectivity index (χ0v) is 9.94. The molecule has 0 saturated carbocycles. The van der Waals surface area contributed by atoms with Crippen molar-refractivity contribution in [2.24, 2.45) is 0 Å². The molecule has 0 aromatic heterocycles. The summed E-state index contributed by atoms with van der Waals surface area (Å²) in [6, 6.07) is 7.60. The van der Waals surface area contributed by atoms with Crippen LogP contribution in [0.4, 0.5) is 5.69 Å². The number of Topliss-reactive ketones (excluding diaryl/α,β-unsaturated/α-hetero) is 1. The van der Waals surface area contributed by atoms with Crippen molar-refractivity contribution in [3.8, 4) is 0 Å². The lowest BCUT2D eigenvalue weighted by Crippen LogP contribution is -2.08. The van der Waals surface area contributed by atoms with Gasteiger partial charge in [0.05, 0.1) is 0 Å². The number of carbonyl (C=O) groups excluding carboxylic acids is 1. The number of rotatable bonds is 6. The van der Waals surface area contributed by atoms with Crippen LogP contribution in [0.2, 0.25) is 0 Å². The molecule has 1 aromatic rings. The van der Waals surface area contributed by atoms with E-state index in [0.717, 1.165) is 17.7 Å². The molecule has 0 aliphatic rings. The Morgan fingerprint density at radius 2 is 1.81 bits per heavy atom. The van der Waals surface area contributed by atoms with Gasteiger partial charge in [0.2, 0.25) is 0 Å². The first-order valence-corrected chi connectivity index (χ1v) is 5.56. The summed E-state index contributed by atoms with van der Waals surface area (Å²) < 4.78 is 0. The van der Waals surface area contributed by atoms with Crippen LogP contribution in [0.25, 0.3) is 0 Å². The van der Waals surface area contributed by atoms with Crippen molar-refractivity contribution >= 4 is 11.5 Å². The highest BCUT2D eigenvalue weighted by atomic mass is 16.2. The number of ketones is 1. The number of hydrogen-bond acceptors (Lipinski definition) is 3. The summed E-state index contributed by atoms with van der Waals surface area (Å²) in [5.74, 6) is 0.152. The Hall–Kier alpha value is -1.35. The van der Waals surface area contributed by atoms with Crippen molar-refractivity contribution in [3.63, 3.8) is 0 Å². The Balaban J connectivity index is 2.56. The van der Waals surface area contributed by atoms with Gasteiger partial charge in [-0.1, -0.05) is 0 Å². The Kier molecular flexibility index (Phi) is 4.99. The van der Waals surface area contributed by atoms with E-state index in [1.54, 1.807) is 0 Å². The number of aliphatic hydroxyl groups is 1. The predicted octanol–water partition coefficient (Wildman–Crippen LogP) is 2.10. The van der Waals surface area contributed by atoms with Crippen LogP contribution in [0.3, 0.4) is 0 Å². The van der Waals surface area contributed by atoms with Gasteiger partial charge in [-0.05, 0) is 37.1 Å². The molecule has 3 heteroatoms. The fraction of sp³-hybridized carbons (Fsp3) is 0.462. The molecule has 0 saturated heterocycles. The van der Waals surface area contributed by atoms with Crippen LogP contribution in [0.15, 0.2) is 24.3 Å². The largest absolute Gasteiger partial charge is 0.396 e. The monoisotopic (exact) mass is 221 g/mol. The summed E-state index contributed by atoms with van der Waals surface area (Å²) in [7, 11) is 3.94. The van der Waals surface area contributed by atoms with Crippen LogP contribution in [0, 0.1) is 0 Å². The SMILES string of the molecule is CN(C)c1ccc(C(=O)CCCCO)cc1. The molecular formula is C13H19NO2. The zero-order chi connectivity index (χ0) is 12.0. The second-order valence-corrected chi connectivity index (χ2v) is 4.05. The molecule has 0 unspecified atom stereocenters. The molecule has 3 nitrogen and oxygen atoms in total. The number of hydrogen-bond donors (Lipinski definition) is 1. The van der Waals surface area contributed by atoms with Gasteiger partial charge in [-0.25, -0.2) is 0 Å². The lowest BCUT2D eigenvalue weighted by Gasteiger charge is -2.12. The fourth-order valence-electron chi connectivity index (χ4n) is 1.49. The van der Waals surface area contributed by atoms with E-state index in [0.29, 0.717) is 12.8 Å². The molecule has 88 valence electrons. The van der Waals surface area contributed by atoms with E-state index in [9.17, 15) is 4.79 Å². The molecule has 0 spiro atoms. The maximum atomic E-state index is 11.7. The maximum Gasteiger partial charge on any atom is 0.162 e. The quantitative estimate of drug-likeness (QED) is 0.590. The number of benzene rings is 1. The average molecular weight is 221 g/mol. The lowest BCUT2D eigenvalue weighted by atomic mass is 10.1. The second kappa shape index (κ2) is 6.28. The summed E-state index contributed by atoms with van der Waals surface area (Å²) in [5.41, 5.74) is 1.84. The van der Waals surface area contributed by atoms with Gasteiger partial charge >= 0.3 is 0 Å². The molecule has 1 N–H and O–H groups in total. The normalized spacial score (nSPS) is 10.2. The van der Waals surface area contributed by atoms with Gasteiger partial charge in [0.15, 0.2) is 5.78 Å². The molecule has 0 heterocycles. The number of unbranched alkanes of at least 4 members (excludes halogenated alkanes) is 1. The van der Waals surface area contributed by atoms with Gasteiger partial charge < -0.3 is 10.0 Å². The molecule has 0 bridgehead atoms. The van der Waals surface area contributed by atoms with E-state index in [4.69, 9.17) is 5.11 Å². The first kappa shape index (κ1) is 12.7. The van der Waals surface area contributed by atoms with Crippen molar-refractivity contribution in [2.45, 2.75) is 19.3 Å². The van der Waals surface area contributed by atoms with Crippen molar-refractivity contribution in [1.82, 2.24) is 0 Å². The summed E-state index contributed by atoms with van der Waals surface area (Å²) in [6.07, 6.45) is 1.97. The molecule has 0 radical (unpaired) electrons. The van der Waals surface area contributed by atoms with E-state index in [1.807, 2.05) is 43.3 Å². The van der Waals surface area contributed by atoms with Crippen molar-refractivity contribution in [2.75, 3.05) is 25.6 Å². The number of anilines is 1. The van der Waals surface area contributed by atoms with Crippen LogP contribution in [-0.2, 0) is 0 Å². The van der Waals surface area contributed by atoms with Gasteiger partial charge in [-0.15, -0.1) is 0 Å². The Morgan fingerprint density at radius 1 is 1.19 bits per heavy atom. The topological polar surface area (TPSA) is 40.5 Å². The van der Waals surface area contributed by atoms with E-state index < -0.39 is 0 Å². The molecular weight excluding hydrogens is 202 g/mol. The maximum absolute atomic E-state index is 11.7. The third-order valence-corrected chi connectivity index (χ3v) is 2.52. The summed E-state index contributed by atoms with van der Waals surface area (Å²) in [5, 5.41) is 8.63. The van der Waals surface area contributed by atoms with Crippen LogP contribution in [-0.4, -0.2) is 31.6 Å². The highest BCUT2D eigenvalue weighted by molar-refractivity contribution is 5.96. The standard InChI is InChI=1S/C13H19NO2/c1-14(2)12-8-6-11(7-9-12)13(16)5-3-4-10-15/h6-9,15H,3-5,10H2,1-2H3.